The number of carboxylic acid groups (broad SMARTS) is 1. The number of carbonyl (C=O) groups excluding carboxylic acids is 2. The van der Waals surface area contributed by atoms with E-state index in [0.29, 0.717) is 11.4 Å². The molecule has 0 spiro atoms. The second kappa shape index (κ2) is 7.53. The van der Waals surface area contributed by atoms with Gasteiger partial charge < -0.3 is 10.8 Å². The fourth-order valence-corrected chi connectivity index (χ4v) is 3.32. The molecule has 3 atom stereocenters. The number of pyridine rings is 2. The van der Waals surface area contributed by atoms with Crippen LogP contribution in [0.25, 0.3) is 0 Å². The molecule has 3 rings (SSSR count). The van der Waals surface area contributed by atoms with E-state index in [-0.39, 0.29) is 18.8 Å². The van der Waals surface area contributed by atoms with E-state index in [0.717, 1.165) is 10.6 Å². The van der Waals surface area contributed by atoms with Crippen LogP contribution in [0.1, 0.15) is 30.5 Å². The smallest absolute Gasteiger partial charge is 0.327 e. The van der Waals surface area contributed by atoms with Crippen LogP contribution in [0, 0.1) is 5.92 Å². The Hall–Kier alpha value is -3.29. The number of amides is 2. The number of carbonyl (C=O) groups is 3. The van der Waals surface area contributed by atoms with Crippen molar-refractivity contribution < 1.29 is 19.5 Å². The average Bonchev–Trinajstić information content (AvgIpc) is 2.64. The normalized spacial score (nSPS) is 20.0. The van der Waals surface area contributed by atoms with E-state index < -0.39 is 29.7 Å². The Balaban J connectivity index is 1.71. The lowest BCUT2D eigenvalue weighted by Crippen LogP contribution is -2.66. The number of aliphatic carboxylic acids is 1. The third kappa shape index (κ3) is 3.79. The maximum Gasteiger partial charge on any atom is 0.327 e. The maximum atomic E-state index is 12.6. The Labute approximate surface area is 156 Å². The minimum Gasteiger partial charge on any atom is -0.480 e. The van der Waals surface area contributed by atoms with Crippen molar-refractivity contribution in [2.24, 2.45) is 5.92 Å². The summed E-state index contributed by atoms with van der Waals surface area (Å²) >= 11 is 0. The molecule has 0 aromatic carbocycles. The summed E-state index contributed by atoms with van der Waals surface area (Å²) in [5.74, 6) is -2.89. The summed E-state index contributed by atoms with van der Waals surface area (Å²) in [5.41, 5.74) is 7.05. The number of carboxylic acids is 1. The zero-order valence-corrected chi connectivity index (χ0v) is 14.8. The molecule has 8 heteroatoms. The molecule has 0 saturated carbocycles. The molecule has 140 valence electrons. The van der Waals surface area contributed by atoms with Gasteiger partial charge in [-0.05, 0) is 36.2 Å². The number of nitrogens with zero attached hydrogens (tertiary/aromatic N) is 3. The third-order valence-corrected chi connectivity index (χ3v) is 4.71. The monoisotopic (exact) mass is 368 g/mol. The molecule has 3 heterocycles. The summed E-state index contributed by atoms with van der Waals surface area (Å²) in [6.45, 7) is 1.82. The van der Waals surface area contributed by atoms with Gasteiger partial charge in [0.15, 0.2) is 0 Å². The number of aromatic nitrogens is 2. The van der Waals surface area contributed by atoms with Crippen LogP contribution in [0.5, 0.6) is 0 Å². The SMILES string of the molecule is C[C@@H](CC(=O)N1C(=O)[C@H](Cc2ccnc(N)c2)[C@H]1C(=O)O)c1ccccn1. The van der Waals surface area contributed by atoms with Crippen LogP contribution in [0.3, 0.4) is 0 Å². The van der Waals surface area contributed by atoms with Gasteiger partial charge in [-0.2, -0.15) is 0 Å². The summed E-state index contributed by atoms with van der Waals surface area (Å²) in [4.78, 5) is 45.7. The molecule has 2 aromatic rings. The summed E-state index contributed by atoms with van der Waals surface area (Å²) in [6.07, 6.45) is 3.34. The Kier molecular flexibility index (Phi) is 5.16. The summed E-state index contributed by atoms with van der Waals surface area (Å²) < 4.78 is 0. The van der Waals surface area contributed by atoms with Crippen molar-refractivity contribution in [1.82, 2.24) is 14.9 Å². The van der Waals surface area contributed by atoms with Crippen molar-refractivity contribution in [1.29, 1.82) is 0 Å². The first kappa shape index (κ1) is 18.5. The van der Waals surface area contributed by atoms with Gasteiger partial charge in [0, 0.05) is 30.4 Å². The molecule has 0 bridgehead atoms. The van der Waals surface area contributed by atoms with Crippen molar-refractivity contribution in [3.05, 3.63) is 54.0 Å². The Morgan fingerprint density at radius 3 is 2.67 bits per heavy atom. The lowest BCUT2D eigenvalue weighted by molar-refractivity contribution is -0.177. The standard InChI is InChI=1S/C19H20N4O4/c1-11(14-4-2-3-6-21-14)8-16(24)23-17(19(26)27)13(18(23)25)9-12-5-7-22-15(20)10-12/h2-7,10-11,13,17H,8-9H2,1H3,(H2,20,22)(H,26,27)/t11-,13+,17-/m0/s1. The first-order valence-corrected chi connectivity index (χ1v) is 8.58. The minimum atomic E-state index is -1.19. The van der Waals surface area contributed by atoms with Crippen LogP contribution in [0.2, 0.25) is 0 Å². The van der Waals surface area contributed by atoms with E-state index >= 15 is 0 Å². The number of rotatable bonds is 6. The fourth-order valence-electron chi connectivity index (χ4n) is 3.32. The van der Waals surface area contributed by atoms with Gasteiger partial charge in [-0.25, -0.2) is 9.78 Å². The molecule has 27 heavy (non-hydrogen) atoms. The molecule has 3 N–H and O–H groups in total. The number of anilines is 1. The molecule has 1 saturated heterocycles. The van der Waals surface area contributed by atoms with Gasteiger partial charge >= 0.3 is 5.97 Å². The highest BCUT2D eigenvalue weighted by atomic mass is 16.4. The van der Waals surface area contributed by atoms with Gasteiger partial charge in [0.1, 0.15) is 11.9 Å². The van der Waals surface area contributed by atoms with E-state index in [1.807, 2.05) is 13.0 Å². The van der Waals surface area contributed by atoms with E-state index in [4.69, 9.17) is 5.73 Å². The second-order valence-electron chi connectivity index (χ2n) is 6.64. The van der Waals surface area contributed by atoms with Gasteiger partial charge in [-0.1, -0.05) is 13.0 Å². The van der Waals surface area contributed by atoms with Crippen LogP contribution in [-0.2, 0) is 20.8 Å². The first-order chi connectivity index (χ1) is 12.9. The molecule has 2 aromatic heterocycles. The van der Waals surface area contributed by atoms with Crippen LogP contribution in [-0.4, -0.2) is 43.8 Å². The van der Waals surface area contributed by atoms with Gasteiger partial charge in [0.25, 0.3) is 0 Å². The summed E-state index contributed by atoms with van der Waals surface area (Å²) in [6, 6.07) is 7.48. The number of hydrogen-bond donors (Lipinski definition) is 2. The quantitative estimate of drug-likeness (QED) is 0.734. The highest BCUT2D eigenvalue weighted by molar-refractivity contribution is 6.08. The number of imide groups is 1. The molecular weight excluding hydrogens is 348 g/mol. The van der Waals surface area contributed by atoms with Gasteiger partial charge in [0.05, 0.1) is 5.92 Å². The highest BCUT2D eigenvalue weighted by Gasteiger charge is 2.54. The van der Waals surface area contributed by atoms with Gasteiger partial charge in [-0.3, -0.25) is 19.5 Å². The van der Waals surface area contributed by atoms with Crippen molar-refractivity contribution in [3.8, 4) is 0 Å². The summed E-state index contributed by atoms with van der Waals surface area (Å²) in [5, 5.41) is 9.53. The van der Waals surface area contributed by atoms with Crippen LogP contribution in [0.4, 0.5) is 5.82 Å². The van der Waals surface area contributed by atoms with Crippen molar-refractivity contribution in [2.75, 3.05) is 5.73 Å². The molecule has 0 aliphatic carbocycles. The van der Waals surface area contributed by atoms with E-state index in [1.165, 1.54) is 6.20 Å². The zero-order chi connectivity index (χ0) is 19.6. The first-order valence-electron chi connectivity index (χ1n) is 8.58. The Bertz CT molecular complexity index is 871. The average molecular weight is 368 g/mol. The number of β-lactam (4-membered cyclic amide) rings is 1. The third-order valence-electron chi connectivity index (χ3n) is 4.71. The molecule has 0 radical (unpaired) electrons. The zero-order valence-electron chi connectivity index (χ0n) is 14.8. The molecule has 8 nitrogen and oxygen atoms in total. The molecule has 0 unspecified atom stereocenters. The van der Waals surface area contributed by atoms with E-state index in [9.17, 15) is 19.5 Å². The number of likely N-dealkylation sites (tertiary alicyclic amines) is 1. The predicted octanol–water partition coefficient (Wildman–Crippen LogP) is 1.23. The second-order valence-corrected chi connectivity index (χ2v) is 6.64. The number of hydrogen-bond acceptors (Lipinski definition) is 6. The molecular formula is C19H20N4O4. The molecule has 2 amide bonds. The van der Waals surface area contributed by atoms with Crippen molar-refractivity contribution in [2.45, 2.75) is 31.7 Å². The maximum absolute atomic E-state index is 12.6. The van der Waals surface area contributed by atoms with Crippen LogP contribution < -0.4 is 5.73 Å². The number of nitrogens with two attached hydrogens (primary N) is 1. The molecule has 1 fully saturated rings. The number of nitrogen functional groups attached to an aromatic ring is 1. The van der Waals surface area contributed by atoms with E-state index in [1.54, 1.807) is 30.5 Å². The Morgan fingerprint density at radius 1 is 1.26 bits per heavy atom. The Morgan fingerprint density at radius 2 is 2.04 bits per heavy atom. The van der Waals surface area contributed by atoms with Crippen LogP contribution in [0.15, 0.2) is 42.7 Å². The predicted molar refractivity (Wildman–Crippen MR) is 96.4 cm³/mol. The fraction of sp³-hybridized carbons (Fsp3) is 0.316. The van der Waals surface area contributed by atoms with Crippen LogP contribution >= 0.6 is 0 Å². The van der Waals surface area contributed by atoms with Gasteiger partial charge in [0.2, 0.25) is 11.8 Å². The summed E-state index contributed by atoms with van der Waals surface area (Å²) in [7, 11) is 0. The highest BCUT2D eigenvalue weighted by Crippen LogP contribution is 2.32. The lowest BCUT2D eigenvalue weighted by atomic mass is 9.81. The van der Waals surface area contributed by atoms with Crippen molar-refractivity contribution >= 4 is 23.6 Å². The molecule has 1 aliphatic heterocycles. The minimum absolute atomic E-state index is 0.0153. The topological polar surface area (TPSA) is 126 Å². The molecule has 1 aliphatic rings. The lowest BCUT2D eigenvalue weighted by Gasteiger charge is -2.43. The van der Waals surface area contributed by atoms with Crippen molar-refractivity contribution in [3.63, 3.8) is 0 Å². The van der Waals surface area contributed by atoms with Gasteiger partial charge in [-0.15, -0.1) is 0 Å². The van der Waals surface area contributed by atoms with E-state index in [2.05, 4.69) is 9.97 Å². The largest absolute Gasteiger partial charge is 0.480 e.